The zero-order valence-corrected chi connectivity index (χ0v) is 5.87. The third-order valence-corrected chi connectivity index (χ3v) is 1.49. The van der Waals surface area contributed by atoms with Crippen LogP contribution in [0.4, 0.5) is 0 Å². The first kappa shape index (κ1) is 6.37. The molecule has 1 aromatic carbocycles. The van der Waals surface area contributed by atoms with E-state index in [9.17, 15) is 0 Å². The molecule has 0 bridgehead atoms. The van der Waals surface area contributed by atoms with Crippen molar-refractivity contribution in [3.05, 3.63) is 30.2 Å². The number of fused-ring (bicyclic) bond motifs is 1. The van der Waals surface area contributed by atoms with E-state index in [1.165, 1.54) is 0 Å². The van der Waals surface area contributed by atoms with Gasteiger partial charge in [-0.25, -0.2) is 10.7 Å². The van der Waals surface area contributed by atoms with Crippen LogP contribution in [-0.2, 0) is 6.54 Å². The minimum Gasteiger partial charge on any atom is -0.439 e. The van der Waals surface area contributed by atoms with E-state index in [1.54, 1.807) is 0 Å². The molecule has 1 radical (unpaired) electrons. The minimum atomic E-state index is 0.106. The van der Waals surface area contributed by atoms with Crippen LogP contribution in [0.25, 0.3) is 11.1 Å². The van der Waals surface area contributed by atoms with Gasteiger partial charge in [-0.05, 0) is 12.1 Å². The molecule has 0 aliphatic heterocycles. The smallest absolute Gasteiger partial charge is 0.210 e. The zero-order chi connectivity index (χ0) is 7.68. The average Bonchev–Trinajstić information content (AvgIpc) is 2.46. The molecule has 0 spiro atoms. The monoisotopic (exact) mass is 147 g/mol. The second kappa shape index (κ2) is 2.36. The van der Waals surface area contributed by atoms with Crippen LogP contribution in [0.1, 0.15) is 5.89 Å². The second-order valence-corrected chi connectivity index (χ2v) is 2.25. The molecule has 55 valence electrons. The predicted molar refractivity (Wildman–Crippen MR) is 40.8 cm³/mol. The van der Waals surface area contributed by atoms with Crippen molar-refractivity contribution < 1.29 is 4.42 Å². The zero-order valence-electron chi connectivity index (χ0n) is 5.87. The molecule has 1 aromatic heterocycles. The van der Waals surface area contributed by atoms with Crippen LogP contribution in [0.3, 0.4) is 0 Å². The van der Waals surface area contributed by atoms with Gasteiger partial charge in [0.25, 0.3) is 0 Å². The maximum Gasteiger partial charge on any atom is 0.210 e. The van der Waals surface area contributed by atoms with Gasteiger partial charge >= 0.3 is 0 Å². The molecular weight excluding hydrogens is 140 g/mol. The molecule has 0 amide bonds. The van der Waals surface area contributed by atoms with Crippen molar-refractivity contribution in [2.75, 3.05) is 0 Å². The number of benzene rings is 1. The SMILES string of the molecule is [NH]Cc1nc2ccccc2o1. The molecule has 2 aromatic rings. The summed E-state index contributed by atoms with van der Waals surface area (Å²) in [6.45, 7) is 0.106. The lowest BCUT2D eigenvalue weighted by atomic mass is 10.3. The normalized spacial score (nSPS) is 10.6. The Hall–Kier alpha value is -1.35. The summed E-state index contributed by atoms with van der Waals surface area (Å²) in [5.74, 6) is 0.478. The summed E-state index contributed by atoms with van der Waals surface area (Å²) in [6, 6.07) is 7.51. The highest BCUT2D eigenvalue weighted by molar-refractivity contribution is 5.72. The number of hydrogen-bond donors (Lipinski definition) is 0. The quantitative estimate of drug-likeness (QED) is 0.615. The average molecular weight is 147 g/mol. The van der Waals surface area contributed by atoms with Crippen molar-refractivity contribution in [1.82, 2.24) is 10.7 Å². The Balaban J connectivity index is 2.69. The Morgan fingerprint density at radius 1 is 1.36 bits per heavy atom. The molecule has 0 saturated carbocycles. The number of oxazole rings is 1. The first-order chi connectivity index (χ1) is 5.40. The van der Waals surface area contributed by atoms with Gasteiger partial charge in [-0.1, -0.05) is 12.1 Å². The van der Waals surface area contributed by atoms with E-state index in [1.807, 2.05) is 24.3 Å². The molecule has 0 aliphatic carbocycles. The molecular formula is C8H7N2O. The van der Waals surface area contributed by atoms with Gasteiger partial charge in [0.1, 0.15) is 5.52 Å². The Kier molecular flexibility index (Phi) is 1.36. The van der Waals surface area contributed by atoms with Gasteiger partial charge < -0.3 is 4.42 Å². The summed E-state index contributed by atoms with van der Waals surface area (Å²) >= 11 is 0. The van der Waals surface area contributed by atoms with Crippen molar-refractivity contribution in [3.8, 4) is 0 Å². The van der Waals surface area contributed by atoms with Crippen molar-refractivity contribution in [2.45, 2.75) is 6.54 Å². The number of nitrogens with one attached hydrogen (secondary N) is 1. The molecule has 3 heteroatoms. The van der Waals surface area contributed by atoms with Crippen LogP contribution in [0, 0.1) is 0 Å². The van der Waals surface area contributed by atoms with Crippen LogP contribution in [0.5, 0.6) is 0 Å². The van der Waals surface area contributed by atoms with Gasteiger partial charge in [0.15, 0.2) is 5.58 Å². The highest BCUT2D eigenvalue weighted by Gasteiger charge is 2.00. The topological polar surface area (TPSA) is 49.8 Å². The van der Waals surface area contributed by atoms with Gasteiger partial charge in [-0.3, -0.25) is 0 Å². The van der Waals surface area contributed by atoms with Crippen LogP contribution < -0.4 is 5.73 Å². The van der Waals surface area contributed by atoms with E-state index >= 15 is 0 Å². The highest BCUT2D eigenvalue weighted by atomic mass is 16.3. The van der Waals surface area contributed by atoms with Crippen molar-refractivity contribution in [1.29, 1.82) is 0 Å². The molecule has 11 heavy (non-hydrogen) atoms. The predicted octanol–water partition coefficient (Wildman–Crippen LogP) is 1.61. The Morgan fingerprint density at radius 3 is 2.91 bits per heavy atom. The molecule has 0 atom stereocenters. The number of nitrogens with zero attached hydrogens (tertiary/aromatic N) is 1. The Bertz CT molecular complexity index is 334. The number of hydrogen-bond acceptors (Lipinski definition) is 2. The molecule has 1 heterocycles. The van der Waals surface area contributed by atoms with E-state index < -0.39 is 0 Å². The lowest BCUT2D eigenvalue weighted by Gasteiger charge is -1.80. The first-order valence-corrected chi connectivity index (χ1v) is 3.39. The van der Waals surface area contributed by atoms with Crippen LogP contribution in [0.15, 0.2) is 28.7 Å². The van der Waals surface area contributed by atoms with Crippen molar-refractivity contribution >= 4 is 11.1 Å². The fourth-order valence-electron chi connectivity index (χ4n) is 0.996. The molecule has 2 rings (SSSR count). The maximum absolute atomic E-state index is 7.02. The number of para-hydroxylation sites is 2. The van der Waals surface area contributed by atoms with E-state index in [4.69, 9.17) is 10.2 Å². The summed E-state index contributed by atoms with van der Waals surface area (Å²) in [7, 11) is 0. The van der Waals surface area contributed by atoms with Gasteiger partial charge in [-0.15, -0.1) is 0 Å². The van der Waals surface area contributed by atoms with Crippen molar-refractivity contribution in [2.24, 2.45) is 0 Å². The fraction of sp³-hybridized carbons (Fsp3) is 0.125. The van der Waals surface area contributed by atoms with Crippen molar-refractivity contribution in [3.63, 3.8) is 0 Å². The van der Waals surface area contributed by atoms with E-state index in [0.717, 1.165) is 11.1 Å². The second-order valence-electron chi connectivity index (χ2n) is 2.25. The van der Waals surface area contributed by atoms with Gasteiger partial charge in [0, 0.05) is 0 Å². The lowest BCUT2D eigenvalue weighted by molar-refractivity contribution is 0.530. The minimum absolute atomic E-state index is 0.106. The number of aromatic nitrogens is 1. The summed E-state index contributed by atoms with van der Waals surface area (Å²) in [4.78, 5) is 4.08. The summed E-state index contributed by atoms with van der Waals surface area (Å²) < 4.78 is 5.22. The van der Waals surface area contributed by atoms with Crippen LogP contribution in [-0.4, -0.2) is 4.98 Å². The van der Waals surface area contributed by atoms with Gasteiger partial charge in [0.05, 0.1) is 6.54 Å². The van der Waals surface area contributed by atoms with Gasteiger partial charge in [-0.2, -0.15) is 0 Å². The first-order valence-electron chi connectivity index (χ1n) is 3.39. The fourth-order valence-corrected chi connectivity index (χ4v) is 0.996. The third kappa shape index (κ3) is 0.991. The third-order valence-electron chi connectivity index (χ3n) is 1.49. The van der Waals surface area contributed by atoms with E-state index in [2.05, 4.69) is 4.98 Å². The lowest BCUT2D eigenvalue weighted by Crippen LogP contribution is -1.81. The molecule has 1 N–H and O–H groups in total. The highest BCUT2D eigenvalue weighted by Crippen LogP contribution is 2.13. The molecule has 0 aliphatic rings. The molecule has 0 fully saturated rings. The molecule has 0 saturated heterocycles. The largest absolute Gasteiger partial charge is 0.439 e. The molecule has 0 unspecified atom stereocenters. The Labute approximate surface area is 63.8 Å². The maximum atomic E-state index is 7.02. The summed E-state index contributed by atoms with van der Waals surface area (Å²) in [6.07, 6.45) is 0. The van der Waals surface area contributed by atoms with Crippen LogP contribution >= 0.6 is 0 Å². The molecule has 3 nitrogen and oxygen atoms in total. The standard InChI is InChI=1S/C8H7N2O/c9-5-8-10-6-3-1-2-4-7(6)11-8/h1-4,9H,5H2. The Morgan fingerprint density at radius 2 is 2.18 bits per heavy atom. The van der Waals surface area contributed by atoms with E-state index in [-0.39, 0.29) is 6.54 Å². The summed E-state index contributed by atoms with van der Waals surface area (Å²) in [5, 5.41) is 0. The number of rotatable bonds is 1. The summed E-state index contributed by atoms with van der Waals surface area (Å²) in [5.41, 5.74) is 8.61. The van der Waals surface area contributed by atoms with Crippen LogP contribution in [0.2, 0.25) is 0 Å². The van der Waals surface area contributed by atoms with E-state index in [0.29, 0.717) is 5.89 Å². The van der Waals surface area contributed by atoms with Gasteiger partial charge in [0.2, 0.25) is 5.89 Å².